The van der Waals surface area contributed by atoms with E-state index >= 15 is 0 Å². The van der Waals surface area contributed by atoms with Crippen molar-refractivity contribution in [1.82, 2.24) is 0 Å². The molecule has 0 bridgehead atoms. The van der Waals surface area contributed by atoms with Gasteiger partial charge in [0.25, 0.3) is 0 Å². The fraction of sp³-hybridized carbons (Fsp3) is 0.455. The minimum Gasteiger partial charge on any atom is -0.418 e. The largest absolute Gasteiger partial charge is 0.673 e. The molecule has 0 amide bonds. The van der Waals surface area contributed by atoms with E-state index < -0.39 is 7.25 Å². The van der Waals surface area contributed by atoms with Crippen LogP contribution in [0.4, 0.5) is 17.3 Å². The zero-order chi connectivity index (χ0) is 13.6. The van der Waals surface area contributed by atoms with E-state index in [0.29, 0.717) is 10.9 Å². The summed E-state index contributed by atoms with van der Waals surface area (Å²) in [5, 5.41) is 0.846. The Hall–Kier alpha value is -0.355. The third-order valence-corrected chi connectivity index (χ3v) is 5.13. The first-order valence-electron chi connectivity index (χ1n) is 5.60. The molecule has 1 fully saturated rings. The van der Waals surface area contributed by atoms with Gasteiger partial charge in [-0.25, -0.2) is 0 Å². The summed E-state index contributed by atoms with van der Waals surface area (Å²) < 4.78 is 39.0. The summed E-state index contributed by atoms with van der Waals surface area (Å²) in [7, 11) is -5.33. The second kappa shape index (κ2) is 7.29. The molecule has 1 aliphatic rings. The average molecular weight is 301 g/mol. The van der Waals surface area contributed by atoms with Gasteiger partial charge in [0.1, 0.15) is 17.3 Å². The summed E-state index contributed by atoms with van der Waals surface area (Å²) in [5.74, 6) is 4.17. The Kier molecular flexibility index (Phi) is 6.36. The van der Waals surface area contributed by atoms with Crippen LogP contribution < -0.4 is 0 Å². The predicted octanol–water partition coefficient (Wildman–Crippen LogP) is 4.55. The monoisotopic (exact) mass is 300 g/mol. The molecule has 18 heavy (non-hydrogen) atoms. The second-order valence-electron chi connectivity index (χ2n) is 3.99. The van der Waals surface area contributed by atoms with Crippen molar-refractivity contribution in [2.24, 2.45) is 0 Å². The van der Waals surface area contributed by atoms with E-state index in [9.17, 15) is 17.3 Å². The fourth-order valence-electron chi connectivity index (χ4n) is 1.68. The van der Waals surface area contributed by atoms with E-state index in [1.165, 1.54) is 35.7 Å². The first-order chi connectivity index (χ1) is 8.34. The predicted molar refractivity (Wildman–Crippen MR) is 71.7 cm³/mol. The van der Waals surface area contributed by atoms with Gasteiger partial charge in [0.05, 0.1) is 0 Å². The van der Waals surface area contributed by atoms with Gasteiger partial charge in [0, 0.05) is 10.6 Å². The Morgan fingerprint density at radius 3 is 1.89 bits per heavy atom. The zero-order valence-electron chi connectivity index (χ0n) is 9.72. The first kappa shape index (κ1) is 15.7. The maximum absolute atomic E-state index is 9.75. The lowest BCUT2D eigenvalue weighted by molar-refractivity contribution is 0.368. The van der Waals surface area contributed by atoms with Crippen LogP contribution in [0.1, 0.15) is 18.4 Å². The van der Waals surface area contributed by atoms with Gasteiger partial charge < -0.3 is 17.3 Å². The van der Waals surface area contributed by atoms with E-state index in [2.05, 4.69) is 12.1 Å². The van der Waals surface area contributed by atoms with Gasteiger partial charge >= 0.3 is 7.25 Å². The molecule has 0 spiro atoms. The molecule has 0 saturated carbocycles. The van der Waals surface area contributed by atoms with E-state index in [0.717, 1.165) is 5.02 Å². The fourth-order valence-corrected chi connectivity index (χ4v) is 4.18. The van der Waals surface area contributed by atoms with Crippen molar-refractivity contribution in [3.05, 3.63) is 34.9 Å². The van der Waals surface area contributed by atoms with Gasteiger partial charge in [0.2, 0.25) is 0 Å². The SMILES string of the molecule is Clc1ccc(C[S+]2CCCC2)cc1.F[B-](F)(F)F. The summed E-state index contributed by atoms with van der Waals surface area (Å²) in [6, 6.07) is 8.31. The smallest absolute Gasteiger partial charge is 0.418 e. The lowest BCUT2D eigenvalue weighted by atomic mass is 10.2. The highest BCUT2D eigenvalue weighted by Crippen LogP contribution is 2.19. The van der Waals surface area contributed by atoms with Crippen LogP contribution in [0.25, 0.3) is 0 Å². The van der Waals surface area contributed by atoms with Gasteiger partial charge in [-0.15, -0.1) is 0 Å². The van der Waals surface area contributed by atoms with Crippen LogP contribution in [0, 0.1) is 0 Å². The van der Waals surface area contributed by atoms with Crippen LogP contribution in [0.2, 0.25) is 5.02 Å². The first-order valence-corrected chi connectivity index (χ1v) is 7.71. The van der Waals surface area contributed by atoms with Crippen LogP contribution >= 0.6 is 11.6 Å². The van der Waals surface area contributed by atoms with E-state index in [-0.39, 0.29) is 0 Å². The van der Waals surface area contributed by atoms with Crippen molar-refractivity contribution in [2.75, 3.05) is 11.5 Å². The van der Waals surface area contributed by atoms with Crippen molar-refractivity contribution in [3.8, 4) is 0 Å². The zero-order valence-corrected chi connectivity index (χ0v) is 11.3. The van der Waals surface area contributed by atoms with E-state index in [4.69, 9.17) is 11.6 Å². The number of hydrogen-bond acceptors (Lipinski definition) is 0. The highest BCUT2D eigenvalue weighted by Gasteiger charge is 2.23. The van der Waals surface area contributed by atoms with Crippen LogP contribution in [0.15, 0.2) is 24.3 Å². The Morgan fingerprint density at radius 1 is 1.00 bits per heavy atom. The Balaban J connectivity index is 0.000000280. The molecular weight excluding hydrogens is 286 g/mol. The molecule has 1 heterocycles. The highest BCUT2D eigenvalue weighted by molar-refractivity contribution is 7.96. The molecule has 0 nitrogen and oxygen atoms in total. The average Bonchev–Trinajstić information content (AvgIpc) is 2.72. The summed E-state index contributed by atoms with van der Waals surface area (Å²) in [6.45, 7) is 0. The number of hydrogen-bond donors (Lipinski definition) is 0. The topological polar surface area (TPSA) is 0 Å². The lowest BCUT2D eigenvalue weighted by Crippen LogP contribution is -2.06. The highest BCUT2D eigenvalue weighted by atomic mass is 35.5. The summed E-state index contributed by atoms with van der Waals surface area (Å²) in [6.07, 6.45) is 2.88. The third kappa shape index (κ3) is 7.87. The van der Waals surface area contributed by atoms with Gasteiger partial charge in [-0.05, 0) is 35.9 Å². The summed E-state index contributed by atoms with van der Waals surface area (Å²) in [5.41, 5.74) is 1.45. The second-order valence-corrected chi connectivity index (χ2v) is 6.76. The van der Waals surface area contributed by atoms with E-state index in [1.807, 2.05) is 12.1 Å². The molecule has 1 aromatic carbocycles. The molecule has 0 aliphatic carbocycles. The molecule has 1 saturated heterocycles. The Labute approximate surface area is 112 Å². The molecule has 1 aromatic rings. The number of rotatable bonds is 2. The molecule has 7 heteroatoms. The molecular formula is C11H14BClF4S. The molecule has 2 rings (SSSR count). The van der Waals surface area contributed by atoms with Crippen LogP contribution in [0.3, 0.4) is 0 Å². The Morgan fingerprint density at radius 2 is 1.44 bits per heavy atom. The van der Waals surface area contributed by atoms with Crippen molar-refractivity contribution >= 4 is 29.8 Å². The molecule has 0 N–H and O–H groups in total. The van der Waals surface area contributed by atoms with Crippen molar-refractivity contribution in [2.45, 2.75) is 18.6 Å². The van der Waals surface area contributed by atoms with Crippen molar-refractivity contribution in [3.63, 3.8) is 0 Å². The minimum absolute atomic E-state index is 0.672. The minimum atomic E-state index is -6.00. The molecule has 102 valence electrons. The van der Waals surface area contributed by atoms with Crippen LogP contribution in [-0.2, 0) is 16.6 Å². The van der Waals surface area contributed by atoms with Crippen LogP contribution in [0.5, 0.6) is 0 Å². The quantitative estimate of drug-likeness (QED) is 0.427. The number of halogens is 5. The summed E-state index contributed by atoms with van der Waals surface area (Å²) >= 11 is 5.83. The van der Waals surface area contributed by atoms with Gasteiger partial charge in [-0.2, -0.15) is 0 Å². The third-order valence-electron chi connectivity index (χ3n) is 2.40. The normalized spacial score (nSPS) is 16.3. The van der Waals surface area contributed by atoms with Gasteiger partial charge in [0.15, 0.2) is 0 Å². The number of benzene rings is 1. The van der Waals surface area contributed by atoms with Gasteiger partial charge in [-0.3, -0.25) is 0 Å². The maximum Gasteiger partial charge on any atom is 0.673 e. The Bertz CT molecular complexity index is 343. The molecule has 1 aliphatic heterocycles. The summed E-state index contributed by atoms with van der Waals surface area (Å²) in [4.78, 5) is 0. The maximum atomic E-state index is 9.75. The van der Waals surface area contributed by atoms with Crippen molar-refractivity contribution < 1.29 is 17.3 Å². The van der Waals surface area contributed by atoms with Crippen LogP contribution in [-0.4, -0.2) is 18.8 Å². The molecule has 0 aromatic heterocycles. The standard InChI is InChI=1S/C11H14ClS.BF4/c12-11-5-3-10(4-6-11)9-13-7-1-2-8-13;2-1(3,4)5/h3-6H,1-2,7-9H2;/q+1;-1. The molecule has 0 radical (unpaired) electrons. The molecule has 0 atom stereocenters. The molecule has 0 unspecified atom stereocenters. The van der Waals surface area contributed by atoms with Crippen molar-refractivity contribution in [1.29, 1.82) is 0 Å². The lowest BCUT2D eigenvalue weighted by Gasteiger charge is -2.00. The van der Waals surface area contributed by atoms with E-state index in [1.54, 1.807) is 0 Å². The van der Waals surface area contributed by atoms with Gasteiger partial charge in [-0.1, -0.05) is 23.7 Å².